The minimum atomic E-state index is -0.685. The molecule has 7 heteroatoms. The molecular formula is C38H57ClN2O4. The molecule has 2 N–H and O–H groups in total. The lowest BCUT2D eigenvalue weighted by atomic mass is 9.89. The maximum Gasteiger partial charge on any atom is 0.265 e. The Bertz CT molecular complexity index is 1190. The fourth-order valence-corrected chi connectivity index (χ4v) is 5.30. The number of halogens is 1. The van der Waals surface area contributed by atoms with Crippen molar-refractivity contribution in [2.75, 3.05) is 10.6 Å². The van der Waals surface area contributed by atoms with E-state index in [-0.39, 0.29) is 18.1 Å². The number of unbranched alkanes of at least 4 members (excludes halogenated alkanes) is 12. The number of hydrogen-bond donors (Lipinski definition) is 2. The highest BCUT2D eigenvalue weighted by atomic mass is 35.5. The predicted octanol–water partition coefficient (Wildman–Crippen LogP) is 10.7. The lowest BCUT2D eigenvalue weighted by molar-refractivity contribution is -0.130. The Morgan fingerprint density at radius 2 is 1.38 bits per heavy atom. The van der Waals surface area contributed by atoms with Crippen LogP contribution in [0.3, 0.4) is 0 Å². The third-order valence-corrected chi connectivity index (χ3v) is 8.40. The summed E-state index contributed by atoms with van der Waals surface area (Å²) in [6.07, 6.45) is 18.0. The van der Waals surface area contributed by atoms with Crippen molar-refractivity contribution in [1.29, 1.82) is 0 Å². The number of hydrogen-bond acceptors (Lipinski definition) is 4. The van der Waals surface area contributed by atoms with E-state index in [1.54, 1.807) is 39.0 Å². The van der Waals surface area contributed by atoms with Crippen molar-refractivity contribution in [3.05, 3.63) is 53.1 Å². The molecule has 0 fully saturated rings. The van der Waals surface area contributed by atoms with E-state index in [1.165, 1.54) is 82.6 Å². The van der Waals surface area contributed by atoms with Gasteiger partial charge in [0.15, 0.2) is 6.10 Å². The van der Waals surface area contributed by atoms with E-state index in [0.29, 0.717) is 28.6 Å². The van der Waals surface area contributed by atoms with Gasteiger partial charge in [0.25, 0.3) is 5.91 Å². The summed E-state index contributed by atoms with van der Waals surface area (Å²) in [6, 6.07) is 12.9. The summed E-state index contributed by atoms with van der Waals surface area (Å²) >= 11 is 6.28. The molecule has 2 aromatic rings. The molecule has 250 valence electrons. The zero-order chi connectivity index (χ0) is 33.1. The molecule has 0 saturated carbocycles. The van der Waals surface area contributed by atoms with Crippen molar-refractivity contribution in [3.8, 4) is 5.75 Å². The molecule has 0 radical (unpaired) electrons. The quantitative estimate of drug-likeness (QED) is 0.0990. The van der Waals surface area contributed by atoms with Gasteiger partial charge in [0, 0.05) is 11.1 Å². The molecule has 6 nitrogen and oxygen atoms in total. The minimum absolute atomic E-state index is 0.170. The SMILES string of the molecule is CCCCCCCCCCCCCCCc1cccc(OC(CC)C(=O)Nc2ccc(Cl)c(NC(=O)CC(=O)C(C)(C)C)c2)c1. The van der Waals surface area contributed by atoms with Crippen LogP contribution in [0.25, 0.3) is 0 Å². The first-order valence-corrected chi connectivity index (χ1v) is 17.6. The number of ether oxygens (including phenoxy) is 1. The van der Waals surface area contributed by atoms with E-state index in [4.69, 9.17) is 16.3 Å². The van der Waals surface area contributed by atoms with Gasteiger partial charge in [-0.1, -0.05) is 135 Å². The van der Waals surface area contributed by atoms with Gasteiger partial charge in [-0.15, -0.1) is 0 Å². The molecule has 2 aromatic carbocycles. The number of carbonyl (C=O) groups is 3. The van der Waals surface area contributed by atoms with Crippen LogP contribution in [0.15, 0.2) is 42.5 Å². The smallest absolute Gasteiger partial charge is 0.265 e. The van der Waals surface area contributed by atoms with Crippen LogP contribution in [0.2, 0.25) is 5.02 Å². The molecule has 0 aromatic heterocycles. The third-order valence-electron chi connectivity index (χ3n) is 8.07. The van der Waals surface area contributed by atoms with E-state index >= 15 is 0 Å². The molecule has 0 saturated heterocycles. The zero-order valence-electron chi connectivity index (χ0n) is 28.4. The largest absolute Gasteiger partial charge is 0.481 e. The first kappa shape index (κ1) is 38.3. The van der Waals surface area contributed by atoms with Crippen LogP contribution in [0, 0.1) is 5.41 Å². The molecule has 1 atom stereocenters. The topological polar surface area (TPSA) is 84.5 Å². The van der Waals surface area contributed by atoms with Gasteiger partial charge in [-0.25, -0.2) is 0 Å². The summed E-state index contributed by atoms with van der Waals surface area (Å²) in [5.74, 6) is -0.232. The Morgan fingerprint density at radius 1 is 0.778 bits per heavy atom. The summed E-state index contributed by atoms with van der Waals surface area (Å²) in [4.78, 5) is 37.8. The number of Topliss-reactive ketones (excluding diaryl/α,β-unsaturated/α-hetero) is 1. The second-order valence-corrected chi connectivity index (χ2v) is 13.6. The second kappa shape index (κ2) is 21.0. The summed E-state index contributed by atoms with van der Waals surface area (Å²) in [5.41, 5.74) is 1.41. The number of carbonyl (C=O) groups excluding carboxylic acids is 3. The molecule has 0 aliphatic carbocycles. The van der Waals surface area contributed by atoms with Crippen LogP contribution in [0.5, 0.6) is 5.75 Å². The number of benzene rings is 2. The Balaban J connectivity index is 1.77. The number of anilines is 2. The van der Waals surface area contributed by atoms with Crippen LogP contribution in [-0.2, 0) is 20.8 Å². The summed E-state index contributed by atoms with van der Waals surface area (Å²) in [6.45, 7) is 9.49. The van der Waals surface area contributed by atoms with Gasteiger partial charge in [-0.2, -0.15) is 0 Å². The Morgan fingerprint density at radius 3 is 1.96 bits per heavy atom. The third kappa shape index (κ3) is 15.8. The highest BCUT2D eigenvalue weighted by Crippen LogP contribution is 2.27. The fraction of sp³-hybridized carbons (Fsp3) is 0.605. The lowest BCUT2D eigenvalue weighted by Gasteiger charge is -2.19. The Kier molecular flexibility index (Phi) is 17.9. The fourth-order valence-electron chi connectivity index (χ4n) is 5.13. The van der Waals surface area contributed by atoms with Crippen molar-refractivity contribution in [2.45, 2.75) is 143 Å². The van der Waals surface area contributed by atoms with E-state index in [9.17, 15) is 14.4 Å². The molecule has 0 spiro atoms. The molecule has 2 amide bonds. The number of nitrogens with one attached hydrogen (secondary N) is 2. The van der Waals surface area contributed by atoms with E-state index < -0.39 is 17.4 Å². The normalized spacial score (nSPS) is 12.0. The van der Waals surface area contributed by atoms with E-state index in [1.807, 2.05) is 25.1 Å². The van der Waals surface area contributed by atoms with Crippen molar-refractivity contribution in [2.24, 2.45) is 5.41 Å². The molecule has 0 aliphatic rings. The number of rotatable bonds is 22. The van der Waals surface area contributed by atoms with E-state index in [2.05, 4.69) is 23.6 Å². The zero-order valence-corrected chi connectivity index (χ0v) is 29.2. The first-order chi connectivity index (χ1) is 21.5. The van der Waals surface area contributed by atoms with Gasteiger partial charge in [0.1, 0.15) is 11.5 Å². The van der Waals surface area contributed by atoms with Crippen LogP contribution >= 0.6 is 11.6 Å². The number of ketones is 1. The van der Waals surface area contributed by atoms with E-state index in [0.717, 1.165) is 12.8 Å². The summed E-state index contributed by atoms with van der Waals surface area (Å²) in [7, 11) is 0. The van der Waals surface area contributed by atoms with Crippen LogP contribution in [-0.4, -0.2) is 23.7 Å². The standard InChI is InChI=1S/C38H57ClN2O4/c1-6-8-9-10-11-12-13-14-15-16-17-18-19-21-29-22-20-23-31(26-29)45-34(7-2)37(44)40-30-24-25-32(39)33(27-30)41-36(43)28-35(42)38(3,4)5/h20,22-27,34H,6-19,21,28H2,1-5H3,(H,40,44)(H,41,43). The minimum Gasteiger partial charge on any atom is -0.481 e. The summed E-state index contributed by atoms with van der Waals surface area (Å²) in [5, 5.41) is 5.87. The molecule has 2 rings (SSSR count). The molecule has 0 aliphatic heterocycles. The van der Waals surface area contributed by atoms with Gasteiger partial charge < -0.3 is 15.4 Å². The molecule has 0 heterocycles. The Hall–Kier alpha value is -2.86. The maximum atomic E-state index is 13.1. The first-order valence-electron chi connectivity index (χ1n) is 17.2. The Labute approximate surface area is 277 Å². The molecule has 45 heavy (non-hydrogen) atoms. The second-order valence-electron chi connectivity index (χ2n) is 13.2. The highest BCUT2D eigenvalue weighted by molar-refractivity contribution is 6.34. The van der Waals surface area contributed by atoms with Crippen LogP contribution in [0.1, 0.15) is 136 Å². The van der Waals surface area contributed by atoms with Crippen LogP contribution < -0.4 is 15.4 Å². The number of aryl methyl sites for hydroxylation is 1. The van der Waals surface area contributed by atoms with Crippen molar-refractivity contribution < 1.29 is 19.1 Å². The highest BCUT2D eigenvalue weighted by Gasteiger charge is 2.24. The van der Waals surface area contributed by atoms with Gasteiger partial charge >= 0.3 is 0 Å². The number of amides is 2. The average Bonchev–Trinajstić information content (AvgIpc) is 2.99. The molecule has 1 unspecified atom stereocenters. The lowest BCUT2D eigenvalue weighted by Crippen LogP contribution is -2.32. The molecule has 0 bridgehead atoms. The van der Waals surface area contributed by atoms with Gasteiger partial charge in [-0.3, -0.25) is 14.4 Å². The molecular weight excluding hydrogens is 584 g/mol. The maximum absolute atomic E-state index is 13.1. The van der Waals surface area contributed by atoms with Crippen LogP contribution in [0.4, 0.5) is 11.4 Å². The monoisotopic (exact) mass is 640 g/mol. The summed E-state index contributed by atoms with van der Waals surface area (Å²) < 4.78 is 6.11. The van der Waals surface area contributed by atoms with Crippen molar-refractivity contribution >= 4 is 40.6 Å². The van der Waals surface area contributed by atoms with Crippen molar-refractivity contribution in [3.63, 3.8) is 0 Å². The average molecular weight is 641 g/mol. The van der Waals surface area contributed by atoms with Crippen molar-refractivity contribution in [1.82, 2.24) is 0 Å². The predicted molar refractivity (Wildman–Crippen MR) is 188 cm³/mol. The van der Waals surface area contributed by atoms with Gasteiger partial charge in [-0.05, 0) is 55.2 Å². The van der Waals surface area contributed by atoms with Gasteiger partial charge in [0.2, 0.25) is 5.91 Å². The van der Waals surface area contributed by atoms with Gasteiger partial charge in [0.05, 0.1) is 17.1 Å².